The summed E-state index contributed by atoms with van der Waals surface area (Å²) in [5.74, 6) is 0.121. The predicted octanol–water partition coefficient (Wildman–Crippen LogP) is 2.25. The van der Waals surface area contributed by atoms with E-state index in [2.05, 4.69) is 22.8 Å². The molecule has 1 rings (SSSR count). The Kier molecular flexibility index (Phi) is 5.70. The minimum absolute atomic E-state index is 0.121. The summed E-state index contributed by atoms with van der Waals surface area (Å²) >= 11 is 0. The van der Waals surface area contributed by atoms with Gasteiger partial charge in [-0.3, -0.25) is 4.79 Å². The fourth-order valence-corrected chi connectivity index (χ4v) is 1.83. The van der Waals surface area contributed by atoms with Crippen molar-refractivity contribution >= 4 is 5.91 Å². The summed E-state index contributed by atoms with van der Waals surface area (Å²) in [4.78, 5) is 11.6. The van der Waals surface area contributed by atoms with Crippen molar-refractivity contribution in [3.8, 4) is 0 Å². The second-order valence-electron chi connectivity index (χ2n) is 4.51. The van der Waals surface area contributed by atoms with Crippen LogP contribution >= 0.6 is 0 Å². The maximum Gasteiger partial charge on any atom is 0.220 e. The molecule has 0 saturated carbocycles. The van der Waals surface area contributed by atoms with Gasteiger partial charge in [0.25, 0.3) is 0 Å². The van der Waals surface area contributed by atoms with E-state index in [0.717, 1.165) is 6.42 Å². The van der Waals surface area contributed by atoms with E-state index in [1.807, 2.05) is 39.1 Å². The van der Waals surface area contributed by atoms with E-state index in [1.54, 1.807) is 0 Å². The average molecular weight is 234 g/mol. The average Bonchev–Trinajstić information content (AvgIpc) is 2.30. The van der Waals surface area contributed by atoms with Gasteiger partial charge in [0.1, 0.15) is 0 Å². The van der Waals surface area contributed by atoms with Crippen LogP contribution in [-0.4, -0.2) is 19.0 Å². The number of benzene rings is 1. The molecule has 3 heteroatoms. The summed E-state index contributed by atoms with van der Waals surface area (Å²) in [5.41, 5.74) is 1.23. The first-order valence-corrected chi connectivity index (χ1v) is 6.15. The van der Waals surface area contributed by atoms with Crippen molar-refractivity contribution in [2.75, 3.05) is 7.05 Å². The lowest BCUT2D eigenvalue weighted by atomic mass is 10.0. The Bertz CT molecular complexity index is 335. The number of nitrogens with one attached hydrogen (secondary N) is 2. The lowest BCUT2D eigenvalue weighted by Gasteiger charge is -2.16. The van der Waals surface area contributed by atoms with E-state index in [9.17, 15) is 4.79 Å². The highest BCUT2D eigenvalue weighted by atomic mass is 16.1. The van der Waals surface area contributed by atoms with Crippen LogP contribution in [0.3, 0.4) is 0 Å². The molecule has 0 radical (unpaired) electrons. The second-order valence-corrected chi connectivity index (χ2v) is 4.51. The number of rotatable bonds is 6. The van der Waals surface area contributed by atoms with Gasteiger partial charge in [-0.1, -0.05) is 30.3 Å². The lowest BCUT2D eigenvalue weighted by Crippen LogP contribution is -2.30. The smallest absolute Gasteiger partial charge is 0.220 e. The Morgan fingerprint density at radius 2 is 1.88 bits per heavy atom. The topological polar surface area (TPSA) is 41.1 Å². The van der Waals surface area contributed by atoms with Gasteiger partial charge in [-0.2, -0.15) is 0 Å². The Labute approximate surface area is 104 Å². The van der Waals surface area contributed by atoms with Gasteiger partial charge >= 0.3 is 0 Å². The molecular formula is C14H22N2O. The monoisotopic (exact) mass is 234 g/mol. The third-order valence-corrected chi connectivity index (χ3v) is 2.66. The molecule has 3 nitrogen and oxygen atoms in total. The van der Waals surface area contributed by atoms with Gasteiger partial charge in [0.05, 0.1) is 0 Å². The third-order valence-electron chi connectivity index (χ3n) is 2.66. The van der Waals surface area contributed by atoms with Crippen LogP contribution in [0.5, 0.6) is 0 Å². The van der Waals surface area contributed by atoms with E-state index in [-0.39, 0.29) is 18.0 Å². The minimum Gasteiger partial charge on any atom is -0.354 e. The summed E-state index contributed by atoms with van der Waals surface area (Å²) in [6, 6.07) is 10.7. The summed E-state index contributed by atoms with van der Waals surface area (Å²) in [6.07, 6.45) is 1.37. The Hall–Kier alpha value is -1.35. The Balaban J connectivity index is 2.46. The molecule has 0 saturated heterocycles. The van der Waals surface area contributed by atoms with Gasteiger partial charge < -0.3 is 10.6 Å². The molecule has 0 bridgehead atoms. The molecule has 0 fully saturated rings. The summed E-state index contributed by atoms with van der Waals surface area (Å²) in [7, 11) is 1.93. The molecule has 1 amide bonds. The number of hydrogen-bond donors (Lipinski definition) is 2. The lowest BCUT2D eigenvalue weighted by molar-refractivity contribution is -0.121. The molecule has 94 valence electrons. The van der Waals surface area contributed by atoms with Gasteiger partial charge in [-0.25, -0.2) is 0 Å². The highest BCUT2D eigenvalue weighted by molar-refractivity contribution is 5.76. The zero-order valence-corrected chi connectivity index (χ0v) is 10.9. The molecule has 1 unspecified atom stereocenters. The predicted molar refractivity (Wildman–Crippen MR) is 70.8 cm³/mol. The van der Waals surface area contributed by atoms with Crippen LogP contribution in [0.2, 0.25) is 0 Å². The molecule has 0 spiro atoms. The quantitative estimate of drug-likeness (QED) is 0.792. The standard InChI is InChI=1S/C14H22N2O/c1-11(2)16-14(17)10-9-13(15-3)12-7-5-4-6-8-12/h4-8,11,13,15H,9-10H2,1-3H3,(H,16,17). The third kappa shape index (κ3) is 5.00. The zero-order chi connectivity index (χ0) is 12.7. The van der Waals surface area contributed by atoms with Crippen molar-refractivity contribution in [2.45, 2.75) is 38.8 Å². The SMILES string of the molecule is CNC(CCC(=O)NC(C)C)c1ccccc1. The largest absolute Gasteiger partial charge is 0.354 e. The van der Waals surface area contributed by atoms with Gasteiger partial charge in [-0.05, 0) is 32.9 Å². The van der Waals surface area contributed by atoms with Crippen LogP contribution < -0.4 is 10.6 Å². The van der Waals surface area contributed by atoms with E-state index >= 15 is 0 Å². The van der Waals surface area contributed by atoms with E-state index in [4.69, 9.17) is 0 Å². The molecule has 0 aliphatic rings. The van der Waals surface area contributed by atoms with Crippen LogP contribution in [0, 0.1) is 0 Å². The molecule has 1 aromatic rings. The van der Waals surface area contributed by atoms with Crippen LogP contribution in [0.15, 0.2) is 30.3 Å². The second kappa shape index (κ2) is 7.07. The molecule has 0 aromatic heterocycles. The first-order valence-electron chi connectivity index (χ1n) is 6.15. The van der Waals surface area contributed by atoms with Gasteiger partial charge in [0.15, 0.2) is 0 Å². The molecule has 1 atom stereocenters. The van der Waals surface area contributed by atoms with Crippen molar-refractivity contribution in [1.29, 1.82) is 0 Å². The highest BCUT2D eigenvalue weighted by Gasteiger charge is 2.11. The number of hydrogen-bond acceptors (Lipinski definition) is 2. The summed E-state index contributed by atoms with van der Waals surface area (Å²) in [5, 5.41) is 6.15. The first kappa shape index (κ1) is 13.7. The summed E-state index contributed by atoms with van der Waals surface area (Å²) in [6.45, 7) is 3.95. The van der Waals surface area contributed by atoms with Gasteiger partial charge in [0, 0.05) is 18.5 Å². The highest BCUT2D eigenvalue weighted by Crippen LogP contribution is 2.17. The number of carbonyl (C=O) groups excluding carboxylic acids is 1. The van der Waals surface area contributed by atoms with E-state index in [0.29, 0.717) is 6.42 Å². The van der Waals surface area contributed by atoms with Crippen LogP contribution in [0.1, 0.15) is 38.3 Å². The van der Waals surface area contributed by atoms with Crippen LogP contribution in [0.25, 0.3) is 0 Å². The fourth-order valence-electron chi connectivity index (χ4n) is 1.83. The summed E-state index contributed by atoms with van der Waals surface area (Å²) < 4.78 is 0. The molecular weight excluding hydrogens is 212 g/mol. The van der Waals surface area contributed by atoms with Crippen molar-refractivity contribution in [3.05, 3.63) is 35.9 Å². The van der Waals surface area contributed by atoms with Gasteiger partial charge in [-0.15, -0.1) is 0 Å². The fraction of sp³-hybridized carbons (Fsp3) is 0.500. The minimum atomic E-state index is 0.121. The number of carbonyl (C=O) groups is 1. The molecule has 17 heavy (non-hydrogen) atoms. The molecule has 0 aliphatic heterocycles. The Morgan fingerprint density at radius 1 is 1.24 bits per heavy atom. The first-order chi connectivity index (χ1) is 8.13. The van der Waals surface area contributed by atoms with E-state index < -0.39 is 0 Å². The van der Waals surface area contributed by atoms with Crippen LogP contribution in [0.4, 0.5) is 0 Å². The van der Waals surface area contributed by atoms with Crippen LogP contribution in [-0.2, 0) is 4.79 Å². The van der Waals surface area contributed by atoms with Crippen molar-refractivity contribution in [2.24, 2.45) is 0 Å². The normalized spacial score (nSPS) is 12.5. The maximum atomic E-state index is 11.6. The van der Waals surface area contributed by atoms with E-state index in [1.165, 1.54) is 5.56 Å². The molecule has 1 aromatic carbocycles. The van der Waals surface area contributed by atoms with Crippen molar-refractivity contribution in [3.63, 3.8) is 0 Å². The maximum absolute atomic E-state index is 11.6. The van der Waals surface area contributed by atoms with Crippen molar-refractivity contribution < 1.29 is 4.79 Å². The zero-order valence-electron chi connectivity index (χ0n) is 10.9. The van der Waals surface area contributed by atoms with Crippen molar-refractivity contribution in [1.82, 2.24) is 10.6 Å². The van der Waals surface area contributed by atoms with Gasteiger partial charge in [0.2, 0.25) is 5.91 Å². The molecule has 2 N–H and O–H groups in total. The number of amides is 1. The molecule has 0 heterocycles. The Morgan fingerprint density at radius 3 is 2.41 bits per heavy atom. The molecule has 0 aliphatic carbocycles.